The number of hydrogen-bond acceptors (Lipinski definition) is 2. The van der Waals surface area contributed by atoms with Crippen LogP contribution in [0.25, 0.3) is 16.8 Å². The largest absolute Gasteiger partial charge is 0.330 e. The molecule has 0 bridgehead atoms. The highest BCUT2D eigenvalue weighted by Crippen LogP contribution is 2.30. The third-order valence-electron chi connectivity index (χ3n) is 4.02. The number of imidazole rings is 2. The molecule has 4 nitrogen and oxygen atoms in total. The van der Waals surface area contributed by atoms with Crippen LogP contribution in [0.5, 0.6) is 0 Å². The number of aryl methyl sites for hydroxylation is 1. The molecule has 2 aromatic heterocycles. The maximum absolute atomic E-state index is 5.71. The van der Waals surface area contributed by atoms with Crippen LogP contribution in [0.15, 0.2) is 22.8 Å². The van der Waals surface area contributed by atoms with Gasteiger partial charge >= 0.3 is 0 Å². The summed E-state index contributed by atoms with van der Waals surface area (Å²) in [7, 11) is 2.04. The monoisotopic (exact) mass is 348 g/mol. The van der Waals surface area contributed by atoms with Gasteiger partial charge in [0.25, 0.3) is 0 Å². The molecular weight excluding hydrogens is 328 g/mol. The minimum atomic E-state index is 0.131. The van der Waals surface area contributed by atoms with Crippen LogP contribution in [0.3, 0.4) is 0 Å². The number of hydrogen-bond donors (Lipinski definition) is 1. The van der Waals surface area contributed by atoms with Crippen molar-refractivity contribution in [2.45, 2.75) is 32.6 Å². The van der Waals surface area contributed by atoms with Crippen molar-refractivity contribution in [3.8, 4) is 0 Å². The van der Waals surface area contributed by atoms with Crippen molar-refractivity contribution in [1.82, 2.24) is 14.0 Å². The summed E-state index contributed by atoms with van der Waals surface area (Å²) >= 11 is 3.71. The van der Waals surface area contributed by atoms with Crippen molar-refractivity contribution < 1.29 is 0 Å². The molecule has 0 spiro atoms. The Morgan fingerprint density at radius 1 is 1.29 bits per heavy atom. The molecule has 0 amide bonds. The molecule has 0 aliphatic rings. The normalized spacial score (nSPS) is 12.7. The van der Waals surface area contributed by atoms with Crippen LogP contribution < -0.4 is 5.73 Å². The summed E-state index contributed by atoms with van der Waals surface area (Å²) in [4.78, 5) is 4.81. The Hall–Kier alpha value is -1.33. The standard InChI is InChI=1S/C16H21BrN4/c1-16(2,3)10-5-6-12-11(9-10)19-15-20(4)13(7-8-18)14(17)21(12)15/h5-6,9H,7-8,18H2,1-4H3. The van der Waals surface area contributed by atoms with E-state index in [-0.39, 0.29) is 5.41 Å². The van der Waals surface area contributed by atoms with Crippen molar-refractivity contribution in [1.29, 1.82) is 0 Å². The van der Waals surface area contributed by atoms with Crippen LogP contribution in [0.1, 0.15) is 32.0 Å². The van der Waals surface area contributed by atoms with Crippen LogP contribution in [0.4, 0.5) is 0 Å². The number of halogens is 1. The fourth-order valence-corrected chi connectivity index (χ4v) is 3.56. The van der Waals surface area contributed by atoms with Gasteiger partial charge in [-0.1, -0.05) is 26.8 Å². The van der Waals surface area contributed by atoms with Crippen molar-refractivity contribution in [2.24, 2.45) is 12.8 Å². The molecule has 1 aromatic carbocycles. The minimum absolute atomic E-state index is 0.131. The molecule has 0 aliphatic carbocycles. The third-order valence-corrected chi connectivity index (χ3v) is 4.84. The van der Waals surface area contributed by atoms with E-state index in [0.29, 0.717) is 6.54 Å². The quantitative estimate of drug-likeness (QED) is 0.771. The van der Waals surface area contributed by atoms with Gasteiger partial charge in [-0.25, -0.2) is 4.98 Å². The first-order chi connectivity index (χ1) is 9.84. The molecule has 21 heavy (non-hydrogen) atoms. The number of nitrogens with two attached hydrogens (primary N) is 1. The van der Waals surface area contributed by atoms with Crippen molar-refractivity contribution in [2.75, 3.05) is 6.54 Å². The first-order valence-electron chi connectivity index (χ1n) is 7.20. The summed E-state index contributed by atoms with van der Waals surface area (Å²) in [6.45, 7) is 7.30. The number of nitrogens with zero attached hydrogens (tertiary/aromatic N) is 3. The molecule has 5 heteroatoms. The van der Waals surface area contributed by atoms with Crippen LogP contribution >= 0.6 is 15.9 Å². The molecule has 0 aliphatic heterocycles. The van der Waals surface area contributed by atoms with Crippen LogP contribution in [0.2, 0.25) is 0 Å². The van der Waals surface area contributed by atoms with Gasteiger partial charge in [-0.3, -0.25) is 4.40 Å². The number of benzene rings is 1. The molecule has 2 N–H and O–H groups in total. The topological polar surface area (TPSA) is 48.2 Å². The van der Waals surface area contributed by atoms with Crippen LogP contribution in [-0.2, 0) is 18.9 Å². The van der Waals surface area contributed by atoms with Crippen molar-refractivity contribution in [3.63, 3.8) is 0 Å². The van der Waals surface area contributed by atoms with Gasteiger partial charge in [0.1, 0.15) is 4.60 Å². The smallest absolute Gasteiger partial charge is 0.215 e. The molecule has 2 heterocycles. The van der Waals surface area contributed by atoms with E-state index in [4.69, 9.17) is 10.7 Å². The highest BCUT2D eigenvalue weighted by atomic mass is 79.9. The lowest BCUT2D eigenvalue weighted by Crippen LogP contribution is -2.10. The van der Waals surface area contributed by atoms with E-state index in [1.165, 1.54) is 11.3 Å². The Morgan fingerprint density at radius 3 is 2.62 bits per heavy atom. The molecule has 0 atom stereocenters. The fraction of sp³-hybridized carbons (Fsp3) is 0.438. The lowest BCUT2D eigenvalue weighted by atomic mass is 9.87. The van der Waals surface area contributed by atoms with Gasteiger partial charge in [-0.05, 0) is 45.6 Å². The number of rotatable bonds is 2. The highest BCUT2D eigenvalue weighted by Gasteiger charge is 2.19. The summed E-state index contributed by atoms with van der Waals surface area (Å²) in [5.74, 6) is 0.950. The second kappa shape index (κ2) is 4.85. The van der Waals surface area contributed by atoms with E-state index < -0.39 is 0 Å². The Bertz CT molecular complexity index is 820. The van der Waals surface area contributed by atoms with E-state index >= 15 is 0 Å². The van der Waals surface area contributed by atoms with Gasteiger partial charge in [-0.15, -0.1) is 0 Å². The molecule has 3 rings (SSSR count). The zero-order valence-corrected chi connectivity index (χ0v) is 14.5. The van der Waals surface area contributed by atoms with E-state index in [1.807, 2.05) is 7.05 Å². The lowest BCUT2D eigenvalue weighted by Gasteiger charge is -2.18. The Kier molecular flexibility index (Phi) is 3.37. The lowest BCUT2D eigenvalue weighted by molar-refractivity contribution is 0.591. The maximum Gasteiger partial charge on any atom is 0.215 e. The number of aromatic nitrogens is 3. The molecular formula is C16H21BrN4. The van der Waals surface area contributed by atoms with Gasteiger partial charge in [-0.2, -0.15) is 0 Å². The third kappa shape index (κ3) is 2.19. The van der Waals surface area contributed by atoms with Crippen molar-refractivity contribution >= 4 is 32.7 Å². The van der Waals surface area contributed by atoms with E-state index in [1.54, 1.807) is 0 Å². The van der Waals surface area contributed by atoms with E-state index in [2.05, 4.69) is 63.9 Å². The Morgan fingerprint density at radius 2 is 2.00 bits per heavy atom. The first kappa shape index (κ1) is 14.6. The maximum atomic E-state index is 5.71. The molecule has 0 radical (unpaired) electrons. The molecule has 0 fully saturated rings. The van der Waals surface area contributed by atoms with Gasteiger partial charge in [0.15, 0.2) is 0 Å². The second-order valence-corrected chi connectivity index (χ2v) is 7.29. The number of fused-ring (bicyclic) bond motifs is 3. The summed E-state index contributed by atoms with van der Waals surface area (Å²) in [6, 6.07) is 6.54. The zero-order chi connectivity index (χ0) is 15.4. The SMILES string of the molecule is Cn1c(CCN)c(Br)n2c3ccc(C(C)(C)C)cc3nc12. The second-order valence-electron chi connectivity index (χ2n) is 6.54. The van der Waals surface area contributed by atoms with Gasteiger partial charge < -0.3 is 10.3 Å². The zero-order valence-electron chi connectivity index (χ0n) is 12.9. The molecule has 0 saturated carbocycles. The van der Waals surface area contributed by atoms with Gasteiger partial charge in [0.2, 0.25) is 5.78 Å². The average Bonchev–Trinajstić information content (AvgIpc) is 2.89. The van der Waals surface area contributed by atoms with Gasteiger partial charge in [0, 0.05) is 13.5 Å². The van der Waals surface area contributed by atoms with Crippen LogP contribution in [-0.4, -0.2) is 20.5 Å². The fourth-order valence-electron chi connectivity index (χ4n) is 2.75. The van der Waals surface area contributed by atoms with Crippen molar-refractivity contribution in [3.05, 3.63) is 34.1 Å². The summed E-state index contributed by atoms with van der Waals surface area (Å²) in [5, 5.41) is 0. The molecule has 3 aromatic rings. The predicted molar refractivity (Wildman–Crippen MR) is 90.8 cm³/mol. The minimum Gasteiger partial charge on any atom is -0.330 e. The molecule has 0 saturated heterocycles. The Balaban J connectivity index is 2.30. The first-order valence-corrected chi connectivity index (χ1v) is 7.99. The summed E-state index contributed by atoms with van der Waals surface area (Å²) < 4.78 is 5.33. The van der Waals surface area contributed by atoms with E-state index in [9.17, 15) is 0 Å². The highest BCUT2D eigenvalue weighted by molar-refractivity contribution is 9.10. The summed E-state index contributed by atoms with van der Waals surface area (Å²) in [6.07, 6.45) is 0.835. The molecule has 112 valence electrons. The van der Waals surface area contributed by atoms with Gasteiger partial charge in [0.05, 0.1) is 16.7 Å². The Labute approximate surface area is 133 Å². The van der Waals surface area contributed by atoms with Crippen LogP contribution in [0, 0.1) is 0 Å². The summed E-state index contributed by atoms with van der Waals surface area (Å²) in [5.41, 5.74) is 10.5. The molecule has 0 unspecified atom stereocenters. The predicted octanol–water partition coefficient (Wildman–Crippen LogP) is 3.39. The van der Waals surface area contributed by atoms with E-state index in [0.717, 1.165) is 27.8 Å². The average molecular weight is 349 g/mol.